The highest BCUT2D eigenvalue weighted by Crippen LogP contribution is 2.33. The summed E-state index contributed by atoms with van der Waals surface area (Å²) in [5.41, 5.74) is -2.52. The Kier molecular flexibility index (Phi) is 7.42. The van der Waals surface area contributed by atoms with E-state index in [1.807, 2.05) is 6.07 Å². The van der Waals surface area contributed by atoms with Crippen molar-refractivity contribution in [2.45, 2.75) is 44.8 Å². The fraction of sp³-hybridized carbons (Fsp3) is 0.500. The molecule has 2 heterocycles. The van der Waals surface area contributed by atoms with Crippen LogP contribution in [-0.2, 0) is 11.2 Å². The molecule has 0 bridgehead atoms. The van der Waals surface area contributed by atoms with Gasteiger partial charge in [0.25, 0.3) is 6.43 Å². The van der Waals surface area contributed by atoms with Crippen molar-refractivity contribution >= 4 is 28.5 Å². The Balaban J connectivity index is 1.88. The van der Waals surface area contributed by atoms with E-state index in [9.17, 15) is 18.7 Å². The van der Waals surface area contributed by atoms with Gasteiger partial charge in [-0.1, -0.05) is 0 Å². The molecule has 2 aromatic heterocycles. The average Bonchev–Trinajstić information content (AvgIpc) is 3.22. The summed E-state index contributed by atoms with van der Waals surface area (Å²) in [5, 5.41) is 21.5. The van der Waals surface area contributed by atoms with Crippen molar-refractivity contribution in [3.63, 3.8) is 0 Å². The van der Waals surface area contributed by atoms with Gasteiger partial charge in [0.15, 0.2) is 5.78 Å². The second-order valence-electron chi connectivity index (χ2n) is 6.32. The minimum Gasteiger partial charge on any atom is -0.389 e. The van der Waals surface area contributed by atoms with Crippen molar-refractivity contribution in [2.75, 3.05) is 13.2 Å². The Bertz CT molecular complexity index is 728. The summed E-state index contributed by atoms with van der Waals surface area (Å²) in [5.74, 6) is -0.846. The first kappa shape index (κ1) is 21.1. The van der Waals surface area contributed by atoms with Gasteiger partial charge in [-0.15, -0.1) is 22.7 Å². The quantitative estimate of drug-likeness (QED) is 0.533. The molecule has 2 aromatic rings. The van der Waals surface area contributed by atoms with Crippen molar-refractivity contribution in [3.8, 4) is 9.75 Å². The van der Waals surface area contributed by atoms with Crippen molar-refractivity contribution < 1.29 is 23.8 Å². The van der Waals surface area contributed by atoms with Crippen LogP contribution in [0.25, 0.3) is 9.75 Å². The van der Waals surface area contributed by atoms with Gasteiger partial charge in [0.05, 0.1) is 0 Å². The third-order valence-corrected chi connectivity index (χ3v) is 6.44. The first-order chi connectivity index (χ1) is 12.3. The largest absolute Gasteiger partial charge is 0.389 e. The lowest BCUT2D eigenvalue weighted by molar-refractivity contribution is -0.143. The van der Waals surface area contributed by atoms with Crippen LogP contribution in [0.3, 0.4) is 0 Å². The summed E-state index contributed by atoms with van der Waals surface area (Å²) in [6.07, 6.45) is -1.73. The van der Waals surface area contributed by atoms with Gasteiger partial charge in [-0.2, -0.15) is 0 Å². The summed E-state index contributed by atoms with van der Waals surface area (Å²) >= 11 is 3.42. The van der Waals surface area contributed by atoms with E-state index in [2.05, 4.69) is 30.4 Å². The van der Waals surface area contributed by atoms with E-state index in [0.29, 0.717) is 6.42 Å². The molecule has 0 saturated heterocycles. The number of hydrogen-bond acceptors (Lipinski definition) is 6. The van der Waals surface area contributed by atoms with Crippen LogP contribution in [0, 0.1) is 6.92 Å². The van der Waals surface area contributed by atoms with Crippen molar-refractivity contribution in [1.29, 1.82) is 0 Å². The molecule has 0 aliphatic carbocycles. The van der Waals surface area contributed by atoms with Gasteiger partial charge in [-0.05, 0) is 57.5 Å². The van der Waals surface area contributed by atoms with E-state index in [4.69, 9.17) is 5.11 Å². The minimum atomic E-state index is -3.09. The van der Waals surface area contributed by atoms with E-state index in [-0.39, 0.29) is 6.54 Å². The number of carbonyl (C=O) groups excluding carboxylic acids is 1. The monoisotopic (exact) mass is 403 g/mol. The Hall–Kier alpha value is -1.19. The van der Waals surface area contributed by atoms with Crippen LogP contribution < -0.4 is 5.32 Å². The highest BCUT2D eigenvalue weighted by atomic mass is 32.1. The molecule has 144 valence electrons. The zero-order chi connectivity index (χ0) is 19.3. The number of aliphatic hydroxyl groups is 2. The van der Waals surface area contributed by atoms with E-state index in [0.717, 1.165) is 13.3 Å². The average molecular weight is 404 g/mol. The van der Waals surface area contributed by atoms with Crippen LogP contribution in [-0.4, -0.2) is 47.2 Å². The van der Waals surface area contributed by atoms with Crippen molar-refractivity contribution in [2.24, 2.45) is 0 Å². The highest BCUT2D eigenvalue weighted by Gasteiger charge is 2.44. The first-order valence-corrected chi connectivity index (χ1v) is 9.92. The molecule has 0 saturated carbocycles. The van der Waals surface area contributed by atoms with Crippen molar-refractivity contribution in [3.05, 3.63) is 34.0 Å². The lowest BCUT2D eigenvalue weighted by atomic mass is 9.93. The predicted molar refractivity (Wildman–Crippen MR) is 101 cm³/mol. The molecule has 0 unspecified atom stereocenters. The fourth-order valence-corrected chi connectivity index (χ4v) is 4.59. The summed E-state index contributed by atoms with van der Waals surface area (Å²) in [6, 6.07) is 6.78. The summed E-state index contributed by atoms with van der Waals surface area (Å²) < 4.78 is 26.0. The Morgan fingerprint density at radius 1 is 1.23 bits per heavy atom. The van der Waals surface area contributed by atoms with Gasteiger partial charge in [-0.25, -0.2) is 8.78 Å². The molecule has 0 spiro atoms. The number of halogens is 2. The smallest absolute Gasteiger partial charge is 0.268 e. The molecule has 0 aromatic carbocycles. The topological polar surface area (TPSA) is 69.6 Å². The van der Waals surface area contributed by atoms with Crippen LogP contribution in [0.5, 0.6) is 0 Å². The predicted octanol–water partition coefficient (Wildman–Crippen LogP) is 3.25. The van der Waals surface area contributed by atoms with Gasteiger partial charge in [0.1, 0.15) is 18.2 Å². The Morgan fingerprint density at radius 3 is 2.46 bits per heavy atom. The number of rotatable bonds is 10. The molecule has 8 heteroatoms. The number of nitrogens with one attached hydrogen (secondary N) is 1. The van der Waals surface area contributed by atoms with Crippen molar-refractivity contribution in [1.82, 2.24) is 5.32 Å². The molecule has 2 rings (SSSR count). The molecule has 4 nitrogen and oxygen atoms in total. The first-order valence-electron chi connectivity index (χ1n) is 8.28. The lowest BCUT2D eigenvalue weighted by Gasteiger charge is -2.31. The number of hydrogen-bond donors (Lipinski definition) is 3. The molecule has 0 aliphatic rings. The maximum atomic E-state index is 13.0. The highest BCUT2D eigenvalue weighted by molar-refractivity contribution is 7.22. The Labute approximate surface area is 159 Å². The van der Waals surface area contributed by atoms with Crippen LogP contribution in [0.4, 0.5) is 8.78 Å². The molecule has 3 N–H and O–H groups in total. The van der Waals surface area contributed by atoms with Gasteiger partial charge >= 0.3 is 0 Å². The summed E-state index contributed by atoms with van der Waals surface area (Å²) in [7, 11) is 0. The van der Waals surface area contributed by atoms with Gasteiger partial charge < -0.3 is 15.5 Å². The van der Waals surface area contributed by atoms with Gasteiger partial charge in [0, 0.05) is 19.5 Å². The normalized spacial score (nSPS) is 15.2. The van der Waals surface area contributed by atoms with E-state index in [1.165, 1.54) is 19.5 Å². The lowest BCUT2D eigenvalue weighted by Crippen LogP contribution is -2.58. The van der Waals surface area contributed by atoms with Crippen LogP contribution in [0.1, 0.15) is 23.1 Å². The van der Waals surface area contributed by atoms with Crippen LogP contribution in [0.2, 0.25) is 0 Å². The van der Waals surface area contributed by atoms with Gasteiger partial charge in [-0.3, -0.25) is 4.79 Å². The van der Waals surface area contributed by atoms with Gasteiger partial charge in [0.2, 0.25) is 0 Å². The minimum absolute atomic E-state index is 0.282. The summed E-state index contributed by atoms with van der Waals surface area (Å²) in [6.45, 7) is 2.35. The zero-order valence-corrected chi connectivity index (χ0v) is 16.3. The van der Waals surface area contributed by atoms with E-state index < -0.39 is 30.5 Å². The second-order valence-corrected chi connectivity index (χ2v) is 8.77. The molecule has 2 atom stereocenters. The maximum absolute atomic E-state index is 13.0. The van der Waals surface area contributed by atoms with Crippen LogP contribution >= 0.6 is 22.7 Å². The number of alkyl halides is 2. The Morgan fingerprint density at radius 2 is 1.88 bits per heavy atom. The van der Waals surface area contributed by atoms with E-state index >= 15 is 0 Å². The number of Topliss-reactive ketones (excluding diaryl/α,β-unsaturated/α-hetero) is 1. The third-order valence-electron chi connectivity index (χ3n) is 4.10. The fourth-order valence-electron chi connectivity index (χ4n) is 2.58. The molecule has 0 fully saturated rings. The molecule has 0 aliphatic heterocycles. The standard InChI is InChI=1S/C18H23F2NO3S2/c1-11-5-7-14(25-11)15-8-6-12(26-15)4-3-9-21-16(13(23)10-22)18(2,24)17(19)20/h5-8,16-17,21-22,24H,3-4,9-10H2,1-2H3/t16-,18+/m1/s1. The zero-order valence-electron chi connectivity index (χ0n) is 14.7. The molecule has 26 heavy (non-hydrogen) atoms. The molecule has 0 amide bonds. The number of carbonyl (C=O) groups is 1. The molecule has 0 radical (unpaired) electrons. The second kappa shape index (κ2) is 9.14. The number of aryl methyl sites for hydroxylation is 2. The molecular weight excluding hydrogens is 380 g/mol. The molecular formula is C18H23F2NO3S2. The SMILES string of the molecule is Cc1ccc(-c2ccc(CCCN[C@H](C(=O)CO)[C@](C)(O)C(F)F)s2)s1. The number of ketones is 1. The number of thiophene rings is 2. The van der Waals surface area contributed by atoms with Crippen LogP contribution in [0.15, 0.2) is 24.3 Å². The maximum Gasteiger partial charge on any atom is 0.268 e. The third kappa shape index (κ3) is 5.17. The number of aliphatic hydroxyl groups excluding tert-OH is 1. The summed E-state index contributed by atoms with van der Waals surface area (Å²) in [4.78, 5) is 16.5. The van der Waals surface area contributed by atoms with E-state index in [1.54, 1.807) is 22.7 Å².